The van der Waals surface area contributed by atoms with Crippen LogP contribution in [0.5, 0.6) is 0 Å². The van der Waals surface area contributed by atoms with Crippen LogP contribution < -0.4 is 5.56 Å². The Balaban J connectivity index is 2.95. The lowest BCUT2D eigenvalue weighted by Crippen LogP contribution is -2.10. The van der Waals surface area contributed by atoms with Crippen molar-refractivity contribution in [1.82, 2.24) is 15.0 Å². The Labute approximate surface area is 82.2 Å². The van der Waals surface area contributed by atoms with E-state index >= 15 is 0 Å². The molecule has 66 valence electrons. The lowest BCUT2D eigenvalue weighted by Gasteiger charge is -1.97. The third kappa shape index (κ3) is 1.47. The molecule has 0 aromatic carbocycles. The minimum Gasteiger partial charge on any atom is -0.310 e. The van der Waals surface area contributed by atoms with Gasteiger partial charge in [-0.1, -0.05) is 0 Å². The van der Waals surface area contributed by atoms with Crippen molar-refractivity contribution < 1.29 is 0 Å². The first-order chi connectivity index (χ1) is 6.16. The van der Waals surface area contributed by atoms with E-state index in [4.69, 9.17) is 0 Å². The molecule has 4 nitrogen and oxygen atoms in total. The molecule has 0 aliphatic carbocycles. The Morgan fingerprint density at radius 3 is 3.08 bits per heavy atom. The van der Waals surface area contributed by atoms with Crippen LogP contribution in [0.1, 0.15) is 5.82 Å². The van der Waals surface area contributed by atoms with Crippen molar-refractivity contribution in [1.29, 1.82) is 0 Å². The van der Waals surface area contributed by atoms with Crippen molar-refractivity contribution in [3.8, 4) is 0 Å². The summed E-state index contributed by atoms with van der Waals surface area (Å²) >= 11 is 3.24. The molecule has 5 heteroatoms. The normalized spacial score (nSPS) is 10.6. The summed E-state index contributed by atoms with van der Waals surface area (Å²) < 4.78 is 0.774. The minimum atomic E-state index is -0.156. The molecular formula is C8H6BrN3O. The predicted octanol–water partition coefficient (Wildman–Crippen LogP) is 1.39. The van der Waals surface area contributed by atoms with Gasteiger partial charge in [-0.05, 0) is 28.9 Å². The fourth-order valence-electron chi connectivity index (χ4n) is 1.11. The molecule has 2 heterocycles. The van der Waals surface area contributed by atoms with E-state index in [2.05, 4.69) is 30.9 Å². The number of fused-ring (bicyclic) bond motifs is 1. The molecule has 0 radical (unpaired) electrons. The lowest BCUT2D eigenvalue weighted by atomic mass is 10.3. The van der Waals surface area contributed by atoms with Crippen molar-refractivity contribution in [3.63, 3.8) is 0 Å². The first kappa shape index (κ1) is 8.37. The van der Waals surface area contributed by atoms with Gasteiger partial charge in [0.1, 0.15) is 5.82 Å². The second kappa shape index (κ2) is 2.92. The number of aromatic nitrogens is 3. The highest BCUT2D eigenvalue weighted by atomic mass is 79.9. The molecule has 2 aromatic heterocycles. The first-order valence-corrected chi connectivity index (χ1v) is 4.48. The van der Waals surface area contributed by atoms with Crippen LogP contribution >= 0.6 is 15.9 Å². The molecule has 13 heavy (non-hydrogen) atoms. The maximum absolute atomic E-state index is 11.4. The number of nitrogens with zero attached hydrogens (tertiary/aromatic N) is 2. The highest BCUT2D eigenvalue weighted by Gasteiger charge is 2.02. The molecule has 0 saturated carbocycles. The van der Waals surface area contributed by atoms with Crippen LogP contribution in [0.25, 0.3) is 11.0 Å². The summed E-state index contributed by atoms with van der Waals surface area (Å²) in [6.07, 6.45) is 1.62. The van der Waals surface area contributed by atoms with Crippen molar-refractivity contribution in [2.45, 2.75) is 6.92 Å². The Bertz CT molecular complexity index is 520. The molecule has 0 aliphatic heterocycles. The van der Waals surface area contributed by atoms with Crippen molar-refractivity contribution >= 4 is 27.0 Å². The molecular weight excluding hydrogens is 234 g/mol. The van der Waals surface area contributed by atoms with Crippen molar-refractivity contribution in [2.24, 2.45) is 0 Å². The number of pyridine rings is 1. The molecule has 0 saturated heterocycles. The van der Waals surface area contributed by atoms with Gasteiger partial charge in [-0.15, -0.1) is 0 Å². The van der Waals surface area contributed by atoms with Gasteiger partial charge in [0, 0.05) is 10.7 Å². The third-order valence-corrected chi connectivity index (χ3v) is 2.08. The number of halogens is 1. The van der Waals surface area contributed by atoms with Crippen LogP contribution in [0.4, 0.5) is 0 Å². The zero-order valence-electron chi connectivity index (χ0n) is 6.84. The quantitative estimate of drug-likeness (QED) is 0.756. The molecule has 1 N–H and O–H groups in total. The monoisotopic (exact) mass is 239 g/mol. The van der Waals surface area contributed by atoms with Crippen molar-refractivity contribution in [2.75, 3.05) is 0 Å². The van der Waals surface area contributed by atoms with Gasteiger partial charge < -0.3 is 4.98 Å². The zero-order chi connectivity index (χ0) is 9.42. The van der Waals surface area contributed by atoms with E-state index in [0.29, 0.717) is 16.9 Å². The lowest BCUT2D eigenvalue weighted by molar-refractivity contribution is 1.04. The topological polar surface area (TPSA) is 58.6 Å². The number of aryl methyl sites for hydroxylation is 1. The zero-order valence-corrected chi connectivity index (χ0v) is 8.42. The van der Waals surface area contributed by atoms with Gasteiger partial charge >= 0.3 is 0 Å². The van der Waals surface area contributed by atoms with Crippen LogP contribution in [0.15, 0.2) is 21.5 Å². The molecule has 0 unspecified atom stereocenters. The molecule has 0 amide bonds. The van der Waals surface area contributed by atoms with E-state index in [9.17, 15) is 4.79 Å². The Hall–Kier alpha value is -1.23. The molecule has 0 aliphatic rings. The largest absolute Gasteiger partial charge is 0.310 e. The summed E-state index contributed by atoms with van der Waals surface area (Å²) in [6.45, 7) is 1.73. The molecule has 0 spiro atoms. The molecule has 2 aromatic rings. The van der Waals surface area contributed by atoms with Gasteiger partial charge in [0.25, 0.3) is 5.56 Å². The second-order valence-corrected chi connectivity index (χ2v) is 3.59. The maximum Gasteiger partial charge on any atom is 0.260 e. The van der Waals surface area contributed by atoms with Crippen LogP contribution in [0.2, 0.25) is 0 Å². The average Bonchev–Trinajstić information content (AvgIpc) is 2.06. The van der Waals surface area contributed by atoms with Crippen LogP contribution in [-0.4, -0.2) is 15.0 Å². The minimum absolute atomic E-state index is 0.156. The van der Waals surface area contributed by atoms with E-state index in [1.807, 2.05) is 0 Å². The SMILES string of the molecule is Cc1nc2ncc(Br)cc2c(=O)[nH]1. The van der Waals surface area contributed by atoms with Crippen LogP contribution in [0, 0.1) is 6.92 Å². The van der Waals surface area contributed by atoms with Gasteiger partial charge in [0.2, 0.25) is 0 Å². The number of hydrogen-bond donors (Lipinski definition) is 1. The highest BCUT2D eigenvalue weighted by Crippen LogP contribution is 2.11. The number of hydrogen-bond acceptors (Lipinski definition) is 3. The number of H-pyrrole nitrogens is 1. The summed E-state index contributed by atoms with van der Waals surface area (Å²) in [4.78, 5) is 22.1. The highest BCUT2D eigenvalue weighted by molar-refractivity contribution is 9.10. The predicted molar refractivity (Wildman–Crippen MR) is 52.6 cm³/mol. The standard InChI is InChI=1S/C8H6BrN3O/c1-4-11-7-6(8(13)12-4)2-5(9)3-10-7/h2-3H,1H3,(H,10,11,12,13). The van der Waals surface area contributed by atoms with E-state index in [-0.39, 0.29) is 5.56 Å². The smallest absolute Gasteiger partial charge is 0.260 e. The van der Waals surface area contributed by atoms with Gasteiger partial charge in [0.15, 0.2) is 5.65 Å². The Morgan fingerprint density at radius 2 is 2.31 bits per heavy atom. The maximum atomic E-state index is 11.4. The fraction of sp³-hybridized carbons (Fsp3) is 0.125. The molecule has 0 bridgehead atoms. The van der Waals surface area contributed by atoms with Gasteiger partial charge in [-0.2, -0.15) is 0 Å². The molecule has 0 fully saturated rings. The molecule has 2 rings (SSSR count). The summed E-state index contributed by atoms with van der Waals surface area (Å²) in [6, 6.07) is 1.70. The number of nitrogens with one attached hydrogen (secondary N) is 1. The van der Waals surface area contributed by atoms with Gasteiger partial charge in [-0.25, -0.2) is 9.97 Å². The number of aromatic amines is 1. The Morgan fingerprint density at radius 1 is 1.54 bits per heavy atom. The second-order valence-electron chi connectivity index (χ2n) is 2.68. The van der Waals surface area contributed by atoms with Gasteiger partial charge in [0.05, 0.1) is 5.39 Å². The molecule has 0 atom stereocenters. The van der Waals surface area contributed by atoms with Gasteiger partial charge in [-0.3, -0.25) is 4.79 Å². The van der Waals surface area contributed by atoms with E-state index < -0.39 is 0 Å². The summed E-state index contributed by atoms with van der Waals surface area (Å²) in [7, 11) is 0. The summed E-state index contributed by atoms with van der Waals surface area (Å²) in [5, 5.41) is 0.500. The van der Waals surface area contributed by atoms with Crippen molar-refractivity contribution in [3.05, 3.63) is 32.9 Å². The fourth-order valence-corrected chi connectivity index (χ4v) is 1.44. The first-order valence-electron chi connectivity index (χ1n) is 3.69. The van der Waals surface area contributed by atoms with Crippen LogP contribution in [-0.2, 0) is 0 Å². The van der Waals surface area contributed by atoms with Crippen LogP contribution in [0.3, 0.4) is 0 Å². The summed E-state index contributed by atoms with van der Waals surface area (Å²) in [5.41, 5.74) is 0.320. The Kier molecular flexibility index (Phi) is 1.88. The van der Waals surface area contributed by atoms with E-state index in [0.717, 1.165) is 4.47 Å². The third-order valence-electron chi connectivity index (χ3n) is 1.65. The van der Waals surface area contributed by atoms with E-state index in [1.54, 1.807) is 19.2 Å². The average molecular weight is 240 g/mol. The van der Waals surface area contributed by atoms with E-state index in [1.165, 1.54) is 0 Å². The number of rotatable bonds is 0. The summed E-state index contributed by atoms with van der Waals surface area (Å²) in [5.74, 6) is 0.576.